The van der Waals surface area contributed by atoms with Crippen molar-refractivity contribution < 1.29 is 49.2 Å². The molecule has 11 heteroatoms. The Bertz CT molecular complexity index is 7160. The molecular formula is C121H134F6N5+5. The molecule has 3 atom stereocenters. The van der Waals surface area contributed by atoms with E-state index >= 15 is 0 Å². The fraction of sp³-hybridized carbons (Fsp3) is 0.380. The van der Waals surface area contributed by atoms with Gasteiger partial charge in [-0.15, -0.1) is 0 Å². The molecule has 7 aliphatic carbocycles. The summed E-state index contributed by atoms with van der Waals surface area (Å²) < 4.78 is 95.3. The van der Waals surface area contributed by atoms with Crippen LogP contribution in [-0.2, 0) is 71.8 Å². The van der Waals surface area contributed by atoms with Gasteiger partial charge in [-0.05, 0) is 338 Å². The molecule has 7 aliphatic rings. The van der Waals surface area contributed by atoms with Crippen LogP contribution in [0.15, 0.2) is 182 Å². The molecular weight excluding hydrogens is 1640 g/mol. The van der Waals surface area contributed by atoms with Crippen LogP contribution in [0.5, 0.6) is 0 Å². The van der Waals surface area contributed by atoms with Gasteiger partial charge < -0.3 is 0 Å². The van der Waals surface area contributed by atoms with Crippen LogP contribution in [0.2, 0.25) is 0 Å². The minimum atomic E-state index is -4.31. The highest BCUT2D eigenvalue weighted by molar-refractivity contribution is 5.93. The lowest BCUT2D eigenvalue weighted by Gasteiger charge is -2.44. The summed E-state index contributed by atoms with van der Waals surface area (Å²) in [5.41, 5.74) is 48.1. The van der Waals surface area contributed by atoms with Crippen LogP contribution < -0.4 is 22.8 Å². The monoisotopic (exact) mass is 1770 g/mol. The largest absolute Gasteiger partial charge is 0.398 e. The average molecular weight is 1770 g/mol. The molecule has 0 aliphatic heterocycles. The van der Waals surface area contributed by atoms with E-state index in [-0.39, 0.29) is 18.8 Å². The predicted octanol–water partition coefficient (Wildman–Crippen LogP) is 29.2. The number of aryl methyl sites for hydroxylation is 15. The summed E-state index contributed by atoms with van der Waals surface area (Å²) in [6.07, 6.45) is -1.05. The molecule has 0 radical (unpaired) electrons. The van der Waals surface area contributed by atoms with Gasteiger partial charge in [-0.2, -0.15) is 49.2 Å². The van der Waals surface area contributed by atoms with E-state index < -0.39 is 29.1 Å². The topological polar surface area (TPSA) is 19.4 Å². The van der Waals surface area contributed by atoms with Gasteiger partial charge in [0.05, 0.1) is 38.3 Å². The van der Waals surface area contributed by atoms with Crippen LogP contribution in [0.25, 0.3) is 111 Å². The van der Waals surface area contributed by atoms with Gasteiger partial charge in [-0.3, -0.25) is 0 Å². The molecule has 680 valence electrons. The van der Waals surface area contributed by atoms with E-state index in [9.17, 15) is 26.3 Å². The van der Waals surface area contributed by atoms with Crippen molar-refractivity contribution in [3.05, 3.63) is 321 Å². The number of alkyl halides is 6. The first-order valence-corrected chi connectivity index (χ1v) is 47.7. The lowest BCUT2D eigenvalue weighted by molar-refractivity contribution is -0.633. The van der Waals surface area contributed by atoms with Crippen molar-refractivity contribution in [2.75, 3.05) is 0 Å². The average Bonchev–Trinajstić information content (AvgIpc) is 0.714. The molecule has 0 spiro atoms. The van der Waals surface area contributed by atoms with Gasteiger partial charge in [0.1, 0.15) is 35.2 Å². The Morgan fingerprint density at radius 3 is 0.970 bits per heavy atom. The number of benzene rings is 10. The van der Waals surface area contributed by atoms with Crippen LogP contribution in [0.3, 0.4) is 0 Å². The first kappa shape index (κ1) is 92.7. The second-order valence-corrected chi connectivity index (χ2v) is 43.4. The molecule has 132 heavy (non-hydrogen) atoms. The quantitative estimate of drug-likeness (QED) is 0.121. The standard InChI is InChI=1S/C26H29F3N.C24H25F3N.2C24H28N.C23H24N/c1-15-11-16(2)17(3)18(12-15)22-13-20-23-19(9-8-10-21(23)30(22)7)25(6,26(27,28)29)14-24(20,4)5;1-13-9-14(2)16(4)19(10-13)22-12-18-15(3)11-20(24(25,26)27)17-7-6-8-21(23(17)18)28(22)5;2*1-15-10-16(2)17(3)20(11-15)22-12-19-14-24(4,5)13-18-8-7-9-21(23(18)19)25(22)6;1-13-8-14(2)15(3)19(9-13)22-12-20-17-10-16(11-17)18-6-5-7-21(23(18)20)24(22)4/h8-13H,14H2,1-7H3;6-10,12,15,20H,11H2,1-5H3;2*7-12H,13-14H2,1-6H3;5-9,12,16-17H,10-11H2,1-4H3/q5*+1. The minimum Gasteiger partial charge on any atom is -0.194 e. The fourth-order valence-corrected chi connectivity index (χ4v) is 24.4. The third-order valence-corrected chi connectivity index (χ3v) is 31.8. The molecule has 2 bridgehead atoms. The number of halogens is 6. The summed E-state index contributed by atoms with van der Waals surface area (Å²) in [6, 6.07) is 65.5. The Labute approximate surface area is 779 Å². The fourth-order valence-electron chi connectivity index (χ4n) is 24.4. The highest BCUT2D eigenvalue weighted by Crippen LogP contribution is 2.59. The van der Waals surface area contributed by atoms with Crippen LogP contribution in [0.1, 0.15) is 244 Å². The van der Waals surface area contributed by atoms with Crippen molar-refractivity contribution in [3.63, 3.8) is 0 Å². The molecule has 5 nitrogen and oxygen atoms in total. The summed E-state index contributed by atoms with van der Waals surface area (Å²) in [5, 5.41) is 6.03. The Hall–Kier alpha value is -11.2. The molecule has 5 heterocycles. The molecule has 0 saturated heterocycles. The first-order chi connectivity index (χ1) is 61.9. The maximum absolute atomic E-state index is 14.3. The van der Waals surface area contributed by atoms with Crippen molar-refractivity contribution in [1.82, 2.24) is 0 Å². The van der Waals surface area contributed by atoms with E-state index in [2.05, 4.69) is 321 Å². The van der Waals surface area contributed by atoms with Gasteiger partial charge in [-0.25, -0.2) is 0 Å². The molecule has 1 saturated carbocycles. The first-order valence-electron chi connectivity index (χ1n) is 47.7. The number of pyridine rings is 5. The van der Waals surface area contributed by atoms with Gasteiger partial charge in [0.25, 0.3) is 0 Å². The molecule has 15 aromatic rings. The Morgan fingerprint density at radius 1 is 0.295 bits per heavy atom. The Kier molecular flexibility index (Phi) is 23.5. The summed E-state index contributed by atoms with van der Waals surface area (Å²) >= 11 is 0. The molecule has 1 fully saturated rings. The zero-order valence-electron chi connectivity index (χ0n) is 83.3. The maximum Gasteiger partial charge on any atom is 0.398 e. The Balaban J connectivity index is 0.000000115. The molecule has 10 aromatic carbocycles. The second-order valence-electron chi connectivity index (χ2n) is 43.4. The van der Waals surface area contributed by atoms with Crippen LogP contribution in [0.4, 0.5) is 26.3 Å². The normalized spacial score (nSPS) is 18.5. The van der Waals surface area contributed by atoms with E-state index in [4.69, 9.17) is 0 Å². The van der Waals surface area contributed by atoms with Crippen LogP contribution in [-0.4, -0.2) is 12.4 Å². The van der Waals surface area contributed by atoms with Crippen LogP contribution in [0, 0.1) is 115 Å². The van der Waals surface area contributed by atoms with Gasteiger partial charge in [-0.1, -0.05) is 167 Å². The molecule has 0 amide bonds. The summed E-state index contributed by atoms with van der Waals surface area (Å²) in [5.74, 6) is 0.0428. The second kappa shape index (κ2) is 33.5. The van der Waals surface area contributed by atoms with Crippen LogP contribution >= 0.6 is 0 Å². The van der Waals surface area contributed by atoms with E-state index in [1.807, 2.05) is 47.0 Å². The van der Waals surface area contributed by atoms with Crippen molar-refractivity contribution in [2.24, 2.45) is 46.1 Å². The minimum absolute atomic E-state index is 0.0363. The zero-order valence-corrected chi connectivity index (χ0v) is 83.3. The third kappa shape index (κ3) is 16.1. The SMILES string of the molecule is Cc1cc(C)c(C)c(-c2cc3c4c(cccc4[n+]2C)C(C(F)(F)F)CC3C)c1.Cc1cc(C)c(C)c(-c2cc3c4c(cccc4[n+]2C)C(C)(C(F)(F)F)CC3(C)C)c1.Cc1cc(C)c(C)c(-c2cc3c4c(cccc4[n+]2C)C2CC3C2)c1.Cc1cc(C)c(C)c(-c2cc3c4c(cccc4[n+]2C)CC(C)(C)C3)c1.Cc1cc(C)c(C)c(-c2cc3c4c(cccc4[n+]2C)CC(C)(C)C3)c1. The molecule has 3 unspecified atom stereocenters. The number of rotatable bonds is 5. The number of hydrogen-bond acceptors (Lipinski definition) is 0. The summed E-state index contributed by atoms with van der Waals surface area (Å²) in [6.45, 7) is 49.3. The molecule has 22 rings (SSSR count). The van der Waals surface area contributed by atoms with Crippen molar-refractivity contribution in [3.8, 4) is 56.3 Å². The number of nitrogens with zero attached hydrogens (tertiary/aromatic N) is 5. The smallest absolute Gasteiger partial charge is 0.194 e. The van der Waals surface area contributed by atoms with E-state index in [0.717, 1.165) is 80.1 Å². The maximum atomic E-state index is 14.3. The van der Waals surface area contributed by atoms with Crippen molar-refractivity contribution in [2.45, 2.75) is 257 Å². The van der Waals surface area contributed by atoms with E-state index in [0.29, 0.717) is 22.0 Å². The third-order valence-electron chi connectivity index (χ3n) is 31.8. The summed E-state index contributed by atoms with van der Waals surface area (Å²) in [4.78, 5) is 0. The van der Waals surface area contributed by atoms with Crippen molar-refractivity contribution >= 4 is 54.5 Å². The van der Waals surface area contributed by atoms with Gasteiger partial charge >= 0.3 is 12.4 Å². The highest BCUT2D eigenvalue weighted by atomic mass is 19.4. The van der Waals surface area contributed by atoms with E-state index in [1.165, 1.54) is 199 Å². The Morgan fingerprint density at radius 2 is 0.598 bits per heavy atom. The lowest BCUT2D eigenvalue weighted by atomic mass is 9.61. The van der Waals surface area contributed by atoms with Gasteiger partial charge in [0.15, 0.2) is 0 Å². The molecule has 5 aromatic heterocycles. The predicted molar refractivity (Wildman–Crippen MR) is 534 cm³/mol. The highest BCUT2D eigenvalue weighted by Gasteiger charge is 2.58. The number of hydrogen-bond donors (Lipinski definition) is 0. The van der Waals surface area contributed by atoms with Gasteiger partial charge in [0, 0.05) is 88.5 Å². The van der Waals surface area contributed by atoms with E-state index in [1.54, 1.807) is 40.8 Å². The number of aromatic nitrogens is 5. The molecule has 0 N–H and O–H groups in total. The summed E-state index contributed by atoms with van der Waals surface area (Å²) in [7, 11) is 10.6. The van der Waals surface area contributed by atoms with Crippen molar-refractivity contribution in [1.29, 1.82) is 0 Å². The lowest BCUT2D eigenvalue weighted by Crippen LogP contribution is -2.48. The van der Waals surface area contributed by atoms with Gasteiger partial charge in [0.2, 0.25) is 56.1 Å². The zero-order chi connectivity index (χ0) is 95.0.